The molecule has 18 heavy (non-hydrogen) atoms. The fraction of sp³-hybridized carbons (Fsp3) is 0.250. The first-order valence-corrected chi connectivity index (χ1v) is 5.72. The van der Waals surface area contributed by atoms with Crippen LogP contribution in [0.15, 0.2) is 29.4 Å². The fourth-order valence-electron chi connectivity index (χ4n) is 1.91. The molecule has 4 nitrogen and oxygen atoms in total. The lowest BCUT2D eigenvalue weighted by Gasteiger charge is -2.13. The monoisotopic (exact) mass is 246 g/mol. The number of amides is 1. The molecule has 1 amide bonds. The van der Waals surface area contributed by atoms with E-state index in [4.69, 9.17) is 0 Å². The highest BCUT2D eigenvalue weighted by Gasteiger charge is 2.38. The van der Waals surface area contributed by atoms with Gasteiger partial charge in [-0.05, 0) is 37.5 Å². The van der Waals surface area contributed by atoms with Crippen molar-refractivity contribution in [3.8, 4) is 0 Å². The lowest BCUT2D eigenvalue weighted by Crippen LogP contribution is -2.32. The second-order valence-corrected chi connectivity index (χ2v) is 4.12. The predicted molar refractivity (Wildman–Crippen MR) is 68.8 cm³/mol. The number of hydrogen-bond donors (Lipinski definition) is 0. The van der Waals surface area contributed by atoms with Crippen molar-refractivity contribution in [1.82, 2.24) is 0 Å². The van der Waals surface area contributed by atoms with E-state index < -0.39 is 5.92 Å². The van der Waals surface area contributed by atoms with E-state index in [0.29, 0.717) is 17.7 Å². The number of carbonyl (C=O) groups is 2. The van der Waals surface area contributed by atoms with E-state index in [1.807, 2.05) is 0 Å². The second-order valence-electron chi connectivity index (χ2n) is 4.12. The summed E-state index contributed by atoms with van der Waals surface area (Å²) < 4.78 is 12.8. The van der Waals surface area contributed by atoms with E-state index in [1.165, 1.54) is 24.3 Å². The first kappa shape index (κ1) is 12.5. The van der Waals surface area contributed by atoms with Crippen LogP contribution >= 0.6 is 0 Å². The number of nitrogens with zero attached hydrogens (tertiary/aromatic N) is 2. The van der Waals surface area contributed by atoms with Gasteiger partial charge in [0, 0.05) is 0 Å². The largest absolute Gasteiger partial charge is 0.299 e. The third-order valence-electron chi connectivity index (χ3n) is 2.87. The number of halogens is 1. The zero-order valence-electron chi connectivity index (χ0n) is 10.2. The number of rotatable bonds is 3. The van der Waals surface area contributed by atoms with Gasteiger partial charge in [0.25, 0.3) is 5.91 Å². The molecule has 1 heterocycles. The number of hydrogen-bond acceptors (Lipinski definition) is 3. The molecule has 0 radical (unpaired) electrons. The molecule has 1 unspecified atom stereocenters. The summed E-state index contributed by atoms with van der Waals surface area (Å²) in [4.78, 5) is 23.8. The maximum Gasteiger partial charge on any atom is 0.263 e. The van der Waals surface area contributed by atoms with Crippen LogP contribution in [0.1, 0.15) is 6.92 Å². The summed E-state index contributed by atoms with van der Waals surface area (Å²) >= 11 is 0. The molecule has 0 fully saturated rings. The number of hydrazone groups is 1. The van der Waals surface area contributed by atoms with Crippen molar-refractivity contribution in [1.29, 1.82) is 0 Å². The van der Waals surface area contributed by atoms with Crippen molar-refractivity contribution in [2.45, 2.75) is 13.2 Å². The molecule has 2 rings (SSSR count). The van der Waals surface area contributed by atoms with E-state index in [9.17, 15) is 14.0 Å². The topological polar surface area (TPSA) is 49.7 Å². The molecular formula is C12H12BFN2O2. The lowest BCUT2D eigenvalue weighted by molar-refractivity contribution is -0.127. The third-order valence-corrected chi connectivity index (χ3v) is 2.87. The molecule has 1 aromatic rings. The van der Waals surface area contributed by atoms with Crippen LogP contribution in [0.4, 0.5) is 10.1 Å². The fourth-order valence-corrected chi connectivity index (χ4v) is 1.91. The van der Waals surface area contributed by atoms with Gasteiger partial charge in [-0.25, -0.2) is 4.39 Å². The summed E-state index contributed by atoms with van der Waals surface area (Å²) in [6, 6.07) is 5.43. The Labute approximate surface area is 105 Å². The Hall–Kier alpha value is -1.98. The highest BCUT2D eigenvalue weighted by molar-refractivity contribution is 6.33. The van der Waals surface area contributed by atoms with Gasteiger partial charge in [0.2, 0.25) is 0 Å². The van der Waals surface area contributed by atoms with Crippen molar-refractivity contribution >= 4 is 30.9 Å². The highest BCUT2D eigenvalue weighted by atomic mass is 19.1. The third kappa shape index (κ3) is 2.06. The number of ketones is 1. The van der Waals surface area contributed by atoms with Gasteiger partial charge >= 0.3 is 0 Å². The van der Waals surface area contributed by atoms with Gasteiger partial charge in [-0.1, -0.05) is 0 Å². The molecule has 0 saturated carbocycles. The molecule has 1 aliphatic rings. The first-order chi connectivity index (χ1) is 8.54. The van der Waals surface area contributed by atoms with Crippen LogP contribution in [0.25, 0.3) is 0 Å². The number of Topliss-reactive ketones (excluding diaryl/α,β-unsaturated/α-hetero) is 1. The molecule has 0 saturated heterocycles. The molecule has 0 aliphatic carbocycles. The minimum absolute atomic E-state index is 0.147. The van der Waals surface area contributed by atoms with E-state index in [0.717, 1.165) is 5.01 Å². The summed E-state index contributed by atoms with van der Waals surface area (Å²) in [6.07, 6.45) is 0.292. The standard InChI is InChI=1S/C12H12BFN2O2/c1-7-11(10(17)6-13)12(18)16(15-7)9-4-2-8(14)3-5-9/h2-5,11H,6,13H2,1H3. The zero-order valence-corrected chi connectivity index (χ0v) is 10.2. The molecule has 92 valence electrons. The maximum atomic E-state index is 12.8. The first-order valence-electron chi connectivity index (χ1n) is 5.72. The van der Waals surface area contributed by atoms with Gasteiger partial charge in [-0.15, -0.1) is 0 Å². The van der Waals surface area contributed by atoms with Gasteiger partial charge in [0.15, 0.2) is 0 Å². The Bertz CT molecular complexity index is 527. The van der Waals surface area contributed by atoms with Gasteiger partial charge < -0.3 is 0 Å². The number of anilines is 1. The Balaban J connectivity index is 2.30. The average Bonchev–Trinajstić information content (AvgIpc) is 2.65. The summed E-state index contributed by atoms with van der Waals surface area (Å²) in [5.74, 6) is -1.69. The second kappa shape index (κ2) is 4.72. The van der Waals surface area contributed by atoms with Gasteiger partial charge in [-0.3, -0.25) is 9.59 Å². The van der Waals surface area contributed by atoms with Crippen molar-refractivity contribution < 1.29 is 14.0 Å². The van der Waals surface area contributed by atoms with Crippen LogP contribution < -0.4 is 5.01 Å². The van der Waals surface area contributed by atoms with E-state index in [1.54, 1.807) is 14.8 Å². The quantitative estimate of drug-likeness (QED) is 0.584. The summed E-state index contributed by atoms with van der Waals surface area (Å²) in [5, 5.41) is 5.24. The van der Waals surface area contributed by atoms with E-state index in [2.05, 4.69) is 5.10 Å². The predicted octanol–water partition coefficient (Wildman–Crippen LogP) is 0.785. The SMILES string of the molecule is BCC(=O)C1C(=O)N(c2ccc(F)cc2)N=C1C. The van der Waals surface area contributed by atoms with Crippen LogP contribution in [-0.4, -0.2) is 25.2 Å². The molecular weight excluding hydrogens is 234 g/mol. The van der Waals surface area contributed by atoms with Crippen molar-refractivity contribution in [2.24, 2.45) is 11.0 Å². The van der Waals surface area contributed by atoms with Crippen molar-refractivity contribution in [3.63, 3.8) is 0 Å². The Morgan fingerprint density at radius 3 is 2.61 bits per heavy atom. The Kier molecular flexibility index (Phi) is 3.27. The molecule has 6 heteroatoms. The molecule has 1 aromatic carbocycles. The summed E-state index contributed by atoms with van der Waals surface area (Å²) in [5.41, 5.74) is 0.948. The molecule has 0 spiro atoms. The smallest absolute Gasteiger partial charge is 0.263 e. The number of carbonyl (C=O) groups excluding carboxylic acids is 2. The van der Waals surface area contributed by atoms with E-state index in [-0.39, 0.29) is 17.5 Å². The Morgan fingerprint density at radius 2 is 2.06 bits per heavy atom. The van der Waals surface area contributed by atoms with E-state index >= 15 is 0 Å². The highest BCUT2D eigenvalue weighted by Crippen LogP contribution is 2.25. The summed E-state index contributed by atoms with van der Waals surface area (Å²) in [7, 11) is 1.71. The minimum Gasteiger partial charge on any atom is -0.299 e. The molecule has 0 aromatic heterocycles. The van der Waals surface area contributed by atoms with Crippen LogP contribution in [0, 0.1) is 11.7 Å². The van der Waals surface area contributed by atoms with Crippen molar-refractivity contribution in [3.05, 3.63) is 30.1 Å². The van der Waals surface area contributed by atoms with Crippen LogP contribution in [0.3, 0.4) is 0 Å². The van der Waals surface area contributed by atoms with Crippen LogP contribution in [0.5, 0.6) is 0 Å². The Morgan fingerprint density at radius 1 is 1.44 bits per heavy atom. The zero-order chi connectivity index (χ0) is 13.3. The average molecular weight is 246 g/mol. The van der Waals surface area contributed by atoms with Gasteiger partial charge in [0.1, 0.15) is 25.4 Å². The number of benzene rings is 1. The van der Waals surface area contributed by atoms with Gasteiger partial charge in [-0.2, -0.15) is 10.1 Å². The summed E-state index contributed by atoms with van der Waals surface area (Å²) in [6.45, 7) is 1.65. The van der Waals surface area contributed by atoms with Gasteiger partial charge in [0.05, 0.1) is 11.4 Å². The maximum absolute atomic E-state index is 12.8. The normalized spacial score (nSPS) is 19.0. The molecule has 0 bridgehead atoms. The minimum atomic E-state index is -0.792. The van der Waals surface area contributed by atoms with Crippen LogP contribution in [-0.2, 0) is 9.59 Å². The molecule has 1 atom stereocenters. The van der Waals surface area contributed by atoms with Crippen LogP contribution in [0.2, 0.25) is 6.32 Å². The molecule has 1 aliphatic heterocycles. The lowest BCUT2D eigenvalue weighted by atomic mass is 9.89. The molecule has 0 N–H and O–H groups in total. The van der Waals surface area contributed by atoms with Crippen molar-refractivity contribution in [2.75, 3.05) is 5.01 Å².